The molecule has 3 rings (SSSR count). The van der Waals surface area contributed by atoms with E-state index in [2.05, 4.69) is 34.3 Å². The van der Waals surface area contributed by atoms with Crippen LogP contribution in [0.15, 0.2) is 52.9 Å². The summed E-state index contributed by atoms with van der Waals surface area (Å²) in [6, 6.07) is 5.89. The highest BCUT2D eigenvalue weighted by Crippen LogP contribution is 2.53. The molecule has 2 aliphatic carbocycles. The molecule has 1 fully saturated rings. The average Bonchev–Trinajstić information content (AvgIpc) is 2.90. The average molecular weight is 323 g/mol. The van der Waals surface area contributed by atoms with Crippen LogP contribution in [0, 0.1) is 17.3 Å². The van der Waals surface area contributed by atoms with Crippen LogP contribution in [-0.4, -0.2) is 11.5 Å². The lowest BCUT2D eigenvalue weighted by atomic mass is 9.71. The van der Waals surface area contributed by atoms with E-state index < -0.39 is 0 Å². The van der Waals surface area contributed by atoms with Gasteiger partial charge in [0.25, 0.3) is 0 Å². The molecule has 0 aromatic carbocycles. The summed E-state index contributed by atoms with van der Waals surface area (Å²) in [6.45, 7) is 5.22. The van der Waals surface area contributed by atoms with Gasteiger partial charge >= 0.3 is 0 Å². The van der Waals surface area contributed by atoms with Crippen LogP contribution in [0.25, 0.3) is 5.70 Å². The van der Waals surface area contributed by atoms with E-state index in [1.165, 1.54) is 32.1 Å². The SMILES string of the molecule is C/C=C(\N=N/CCC(C)C12CC=CCC(CC1)C2)c1ccccn1. The molecule has 24 heavy (non-hydrogen) atoms. The van der Waals surface area contributed by atoms with E-state index in [1.807, 2.05) is 31.2 Å². The van der Waals surface area contributed by atoms with Crippen molar-refractivity contribution in [1.29, 1.82) is 0 Å². The predicted octanol–water partition coefficient (Wildman–Crippen LogP) is 6.06. The zero-order valence-electron chi connectivity index (χ0n) is 15.0. The number of pyridine rings is 1. The maximum absolute atomic E-state index is 4.45. The first-order chi connectivity index (χ1) is 11.7. The maximum atomic E-state index is 4.45. The minimum Gasteiger partial charge on any atom is -0.255 e. The van der Waals surface area contributed by atoms with Crippen molar-refractivity contribution < 1.29 is 0 Å². The van der Waals surface area contributed by atoms with Crippen molar-refractivity contribution in [2.75, 3.05) is 6.54 Å². The summed E-state index contributed by atoms with van der Waals surface area (Å²) in [5, 5.41) is 8.87. The van der Waals surface area contributed by atoms with Gasteiger partial charge in [0.15, 0.2) is 0 Å². The largest absolute Gasteiger partial charge is 0.255 e. The Morgan fingerprint density at radius 2 is 2.33 bits per heavy atom. The molecule has 2 bridgehead atoms. The minimum absolute atomic E-state index is 0.525. The first-order valence-electron chi connectivity index (χ1n) is 9.34. The molecule has 1 saturated carbocycles. The Morgan fingerprint density at radius 3 is 3.12 bits per heavy atom. The molecule has 0 amide bonds. The zero-order chi connectivity index (χ0) is 16.8. The molecule has 3 heteroatoms. The second-order valence-corrected chi connectivity index (χ2v) is 7.43. The molecule has 0 N–H and O–H groups in total. The summed E-state index contributed by atoms with van der Waals surface area (Å²) < 4.78 is 0. The van der Waals surface area contributed by atoms with Crippen LogP contribution in [-0.2, 0) is 0 Å². The van der Waals surface area contributed by atoms with Gasteiger partial charge in [-0.2, -0.15) is 10.2 Å². The smallest absolute Gasteiger partial charge is 0.107 e. The number of hydrogen-bond donors (Lipinski definition) is 0. The van der Waals surface area contributed by atoms with Crippen LogP contribution in [0.1, 0.15) is 58.1 Å². The summed E-state index contributed by atoms with van der Waals surface area (Å²) in [7, 11) is 0. The van der Waals surface area contributed by atoms with Crippen LogP contribution < -0.4 is 0 Å². The van der Waals surface area contributed by atoms with Crippen molar-refractivity contribution in [3.8, 4) is 0 Å². The number of hydrogen-bond acceptors (Lipinski definition) is 3. The van der Waals surface area contributed by atoms with Crippen molar-refractivity contribution in [1.82, 2.24) is 4.98 Å². The third-order valence-electron chi connectivity index (χ3n) is 5.99. The zero-order valence-corrected chi connectivity index (χ0v) is 15.0. The standard InChI is InChI=1S/C21H29N3/c1-3-19(20-9-5-7-14-22-20)24-23-15-11-17(2)21-12-6-4-8-18(16-21)10-13-21/h3-7,9,14,17-18H,8,10-13,15-16H2,1-2H3/b19-3-,24-23-. The quantitative estimate of drug-likeness (QED) is 0.463. The topological polar surface area (TPSA) is 37.6 Å². The fourth-order valence-corrected chi connectivity index (χ4v) is 4.37. The lowest BCUT2D eigenvalue weighted by Gasteiger charge is -2.34. The van der Waals surface area contributed by atoms with Gasteiger partial charge in [0.05, 0.1) is 12.2 Å². The molecule has 2 aliphatic rings. The van der Waals surface area contributed by atoms with Crippen LogP contribution in [0.3, 0.4) is 0 Å². The summed E-state index contributed by atoms with van der Waals surface area (Å²) in [6.07, 6.45) is 16.5. The van der Waals surface area contributed by atoms with Crippen molar-refractivity contribution in [3.05, 3.63) is 48.3 Å². The second-order valence-electron chi connectivity index (χ2n) is 7.43. The molecular formula is C21H29N3. The highest BCUT2D eigenvalue weighted by atomic mass is 15.1. The van der Waals surface area contributed by atoms with Crippen molar-refractivity contribution >= 4 is 5.70 Å². The van der Waals surface area contributed by atoms with Gasteiger partial charge in [-0.15, -0.1) is 0 Å². The first-order valence-corrected chi connectivity index (χ1v) is 9.34. The Labute approximate surface area is 146 Å². The first kappa shape index (κ1) is 17.1. The number of allylic oxidation sites excluding steroid dienone is 3. The van der Waals surface area contributed by atoms with Gasteiger partial charge in [0.2, 0.25) is 0 Å². The monoisotopic (exact) mass is 323 g/mol. The molecular weight excluding hydrogens is 294 g/mol. The van der Waals surface area contributed by atoms with E-state index >= 15 is 0 Å². The minimum atomic E-state index is 0.525. The number of rotatable bonds is 6. The Kier molecular flexibility index (Phi) is 5.60. The molecule has 0 radical (unpaired) electrons. The van der Waals surface area contributed by atoms with Gasteiger partial charge < -0.3 is 0 Å². The van der Waals surface area contributed by atoms with Crippen LogP contribution in [0.5, 0.6) is 0 Å². The second kappa shape index (κ2) is 7.87. The third kappa shape index (κ3) is 3.82. The fraction of sp³-hybridized carbons (Fsp3) is 0.571. The van der Waals surface area contributed by atoms with Crippen LogP contribution in [0.2, 0.25) is 0 Å². The van der Waals surface area contributed by atoms with E-state index in [4.69, 9.17) is 0 Å². The predicted molar refractivity (Wildman–Crippen MR) is 99.5 cm³/mol. The number of azo groups is 1. The number of fused-ring (bicyclic) bond motifs is 2. The molecule has 1 aromatic rings. The Bertz CT molecular complexity index is 617. The van der Waals surface area contributed by atoms with E-state index in [0.717, 1.165) is 30.3 Å². The number of nitrogens with zero attached hydrogens (tertiary/aromatic N) is 3. The van der Waals surface area contributed by atoms with E-state index in [0.29, 0.717) is 11.3 Å². The van der Waals surface area contributed by atoms with Crippen molar-refractivity contribution in [2.24, 2.45) is 27.5 Å². The lowest BCUT2D eigenvalue weighted by molar-refractivity contribution is 0.171. The fourth-order valence-electron chi connectivity index (χ4n) is 4.37. The van der Waals surface area contributed by atoms with Gasteiger partial charge in [-0.05, 0) is 74.8 Å². The van der Waals surface area contributed by atoms with Crippen molar-refractivity contribution in [3.63, 3.8) is 0 Å². The molecule has 3 unspecified atom stereocenters. The van der Waals surface area contributed by atoms with Crippen molar-refractivity contribution in [2.45, 2.75) is 52.4 Å². The molecule has 1 heterocycles. The molecule has 128 valence electrons. The van der Waals surface area contributed by atoms with Crippen LogP contribution in [0.4, 0.5) is 0 Å². The van der Waals surface area contributed by atoms with Gasteiger partial charge in [-0.25, -0.2) is 0 Å². The maximum Gasteiger partial charge on any atom is 0.107 e. The number of aromatic nitrogens is 1. The van der Waals surface area contributed by atoms with Gasteiger partial charge in [0.1, 0.15) is 5.70 Å². The molecule has 0 spiro atoms. The third-order valence-corrected chi connectivity index (χ3v) is 5.99. The van der Waals surface area contributed by atoms with E-state index in [1.54, 1.807) is 6.20 Å². The molecule has 1 aromatic heterocycles. The Balaban J connectivity index is 1.55. The normalized spacial score (nSPS) is 28.2. The molecule has 3 atom stereocenters. The van der Waals surface area contributed by atoms with Gasteiger partial charge in [0, 0.05) is 6.20 Å². The Morgan fingerprint density at radius 1 is 1.42 bits per heavy atom. The van der Waals surface area contributed by atoms with E-state index in [-0.39, 0.29) is 0 Å². The van der Waals surface area contributed by atoms with Gasteiger partial charge in [-0.1, -0.05) is 31.2 Å². The van der Waals surface area contributed by atoms with Gasteiger partial charge in [-0.3, -0.25) is 4.98 Å². The summed E-state index contributed by atoms with van der Waals surface area (Å²) in [5.74, 6) is 1.64. The molecule has 0 aliphatic heterocycles. The summed E-state index contributed by atoms with van der Waals surface area (Å²) in [5.41, 5.74) is 2.28. The highest BCUT2D eigenvalue weighted by Gasteiger charge is 2.42. The molecule has 0 saturated heterocycles. The van der Waals surface area contributed by atoms with Crippen LogP contribution >= 0.6 is 0 Å². The summed E-state index contributed by atoms with van der Waals surface area (Å²) in [4.78, 5) is 4.35. The molecule has 3 nitrogen and oxygen atoms in total. The highest BCUT2D eigenvalue weighted by molar-refractivity contribution is 5.60. The summed E-state index contributed by atoms with van der Waals surface area (Å²) >= 11 is 0. The lowest BCUT2D eigenvalue weighted by Crippen LogP contribution is -2.26. The Hall–Kier alpha value is -1.77. The van der Waals surface area contributed by atoms with E-state index in [9.17, 15) is 0 Å².